The zero-order valence-corrected chi connectivity index (χ0v) is 9.67. The fourth-order valence-electron chi connectivity index (χ4n) is 1.63. The second-order valence-electron chi connectivity index (χ2n) is 3.37. The van der Waals surface area contributed by atoms with Crippen molar-refractivity contribution in [3.63, 3.8) is 0 Å². The van der Waals surface area contributed by atoms with Crippen LogP contribution in [0.5, 0.6) is 11.5 Å². The van der Waals surface area contributed by atoms with E-state index in [-0.39, 0.29) is 0 Å². The highest BCUT2D eigenvalue weighted by molar-refractivity contribution is 5.48. The molecule has 0 fully saturated rings. The third-order valence-corrected chi connectivity index (χ3v) is 2.47. The van der Waals surface area contributed by atoms with Crippen LogP contribution in [0, 0.1) is 0 Å². The molecule has 3 nitrogen and oxygen atoms in total. The van der Waals surface area contributed by atoms with E-state index in [1.54, 1.807) is 14.2 Å². The zero-order chi connectivity index (χ0) is 11.3. The van der Waals surface area contributed by atoms with E-state index in [2.05, 4.69) is 6.92 Å². The molecular formula is C12H19NO2. The molecule has 0 aromatic heterocycles. The first-order valence-corrected chi connectivity index (χ1v) is 5.20. The molecule has 0 radical (unpaired) electrons. The number of benzene rings is 1. The fraction of sp³-hybridized carbons (Fsp3) is 0.500. The minimum atomic E-state index is 0.595. The van der Waals surface area contributed by atoms with E-state index in [1.807, 2.05) is 12.1 Å². The summed E-state index contributed by atoms with van der Waals surface area (Å²) in [7, 11) is 3.35. The first-order valence-electron chi connectivity index (χ1n) is 5.20. The Balaban J connectivity index is 3.19. The second-order valence-corrected chi connectivity index (χ2v) is 3.37. The number of ether oxygens (including phenoxy) is 2. The van der Waals surface area contributed by atoms with Gasteiger partial charge in [-0.1, -0.05) is 6.92 Å². The quantitative estimate of drug-likeness (QED) is 0.803. The summed E-state index contributed by atoms with van der Waals surface area (Å²) in [5.41, 5.74) is 7.83. The molecule has 0 heterocycles. The van der Waals surface area contributed by atoms with E-state index >= 15 is 0 Å². The molecule has 0 aliphatic carbocycles. The van der Waals surface area contributed by atoms with Gasteiger partial charge in [0, 0.05) is 5.56 Å². The number of hydrogen-bond donors (Lipinski definition) is 1. The van der Waals surface area contributed by atoms with Crippen LogP contribution >= 0.6 is 0 Å². The van der Waals surface area contributed by atoms with Crippen LogP contribution in [0.25, 0.3) is 0 Å². The first-order chi connectivity index (χ1) is 7.26. The second kappa shape index (κ2) is 5.61. The highest BCUT2D eigenvalue weighted by atomic mass is 16.5. The SMILES string of the molecule is CCc1cc(OC)c(CCN)c(OC)c1. The van der Waals surface area contributed by atoms with Crippen molar-refractivity contribution in [1.82, 2.24) is 0 Å². The average molecular weight is 209 g/mol. The molecular weight excluding hydrogens is 190 g/mol. The van der Waals surface area contributed by atoms with Gasteiger partial charge in [-0.25, -0.2) is 0 Å². The lowest BCUT2D eigenvalue weighted by molar-refractivity contribution is 0.384. The summed E-state index contributed by atoms with van der Waals surface area (Å²) in [6, 6.07) is 4.10. The predicted molar refractivity (Wildman–Crippen MR) is 61.7 cm³/mol. The van der Waals surface area contributed by atoms with E-state index in [1.165, 1.54) is 5.56 Å². The molecule has 1 aromatic carbocycles. The Bertz CT molecular complexity index is 298. The van der Waals surface area contributed by atoms with Crippen LogP contribution in [0.2, 0.25) is 0 Å². The Morgan fingerprint density at radius 2 is 1.67 bits per heavy atom. The van der Waals surface area contributed by atoms with E-state index in [0.29, 0.717) is 6.54 Å². The van der Waals surface area contributed by atoms with Crippen molar-refractivity contribution in [3.05, 3.63) is 23.3 Å². The number of methoxy groups -OCH3 is 2. The van der Waals surface area contributed by atoms with Crippen LogP contribution in [0.15, 0.2) is 12.1 Å². The van der Waals surface area contributed by atoms with Crippen LogP contribution in [-0.4, -0.2) is 20.8 Å². The third-order valence-electron chi connectivity index (χ3n) is 2.47. The molecule has 0 atom stereocenters. The molecule has 0 spiro atoms. The standard InChI is InChI=1S/C12H19NO2/c1-4-9-7-11(14-2)10(5-6-13)12(8-9)15-3/h7-8H,4-6,13H2,1-3H3. The maximum absolute atomic E-state index is 5.57. The summed E-state index contributed by atoms with van der Waals surface area (Å²) >= 11 is 0. The molecule has 0 aliphatic rings. The monoisotopic (exact) mass is 209 g/mol. The van der Waals surface area contributed by atoms with Crippen LogP contribution in [0.4, 0.5) is 0 Å². The van der Waals surface area contributed by atoms with Crippen molar-refractivity contribution in [2.45, 2.75) is 19.8 Å². The Kier molecular flexibility index (Phi) is 4.43. The number of aryl methyl sites for hydroxylation is 1. The molecule has 3 heteroatoms. The van der Waals surface area contributed by atoms with Crippen LogP contribution < -0.4 is 15.2 Å². The van der Waals surface area contributed by atoms with Crippen molar-refractivity contribution < 1.29 is 9.47 Å². The summed E-state index contributed by atoms with van der Waals surface area (Å²) < 4.78 is 10.7. The molecule has 2 N–H and O–H groups in total. The number of rotatable bonds is 5. The molecule has 0 saturated heterocycles. The van der Waals surface area contributed by atoms with Crippen LogP contribution in [-0.2, 0) is 12.8 Å². The van der Waals surface area contributed by atoms with Gasteiger partial charge in [-0.3, -0.25) is 0 Å². The molecule has 0 unspecified atom stereocenters. The van der Waals surface area contributed by atoms with E-state index in [0.717, 1.165) is 29.9 Å². The lowest BCUT2D eigenvalue weighted by Crippen LogP contribution is -2.06. The molecule has 15 heavy (non-hydrogen) atoms. The molecule has 1 aromatic rings. The Hall–Kier alpha value is -1.22. The smallest absolute Gasteiger partial charge is 0.126 e. The molecule has 0 bridgehead atoms. The lowest BCUT2D eigenvalue weighted by atomic mass is 10.0. The molecule has 0 amide bonds. The van der Waals surface area contributed by atoms with Gasteiger partial charge in [-0.15, -0.1) is 0 Å². The molecule has 0 saturated carbocycles. The highest BCUT2D eigenvalue weighted by Crippen LogP contribution is 2.30. The summed E-state index contributed by atoms with van der Waals surface area (Å²) in [5, 5.41) is 0. The van der Waals surface area contributed by atoms with Gasteiger partial charge >= 0.3 is 0 Å². The summed E-state index contributed by atoms with van der Waals surface area (Å²) in [6.45, 7) is 2.70. The Labute approximate surface area is 91.2 Å². The maximum Gasteiger partial charge on any atom is 0.126 e. The van der Waals surface area contributed by atoms with Crippen molar-refractivity contribution in [1.29, 1.82) is 0 Å². The normalized spacial score (nSPS) is 10.1. The first kappa shape index (κ1) is 11.9. The Morgan fingerprint density at radius 1 is 1.13 bits per heavy atom. The summed E-state index contributed by atoms with van der Waals surface area (Å²) in [5.74, 6) is 1.74. The molecule has 0 aliphatic heterocycles. The average Bonchev–Trinajstić information content (AvgIpc) is 2.29. The minimum absolute atomic E-state index is 0.595. The minimum Gasteiger partial charge on any atom is -0.496 e. The van der Waals surface area contributed by atoms with Crippen molar-refractivity contribution >= 4 is 0 Å². The van der Waals surface area contributed by atoms with E-state index in [9.17, 15) is 0 Å². The summed E-state index contributed by atoms with van der Waals surface area (Å²) in [4.78, 5) is 0. The van der Waals surface area contributed by atoms with Crippen LogP contribution in [0.3, 0.4) is 0 Å². The van der Waals surface area contributed by atoms with Gasteiger partial charge < -0.3 is 15.2 Å². The zero-order valence-electron chi connectivity index (χ0n) is 9.67. The van der Waals surface area contributed by atoms with Crippen LogP contribution in [0.1, 0.15) is 18.1 Å². The topological polar surface area (TPSA) is 44.5 Å². The lowest BCUT2D eigenvalue weighted by Gasteiger charge is -2.14. The van der Waals surface area contributed by atoms with Gasteiger partial charge in [-0.2, -0.15) is 0 Å². The van der Waals surface area contributed by atoms with Crippen molar-refractivity contribution in [2.75, 3.05) is 20.8 Å². The van der Waals surface area contributed by atoms with Crippen molar-refractivity contribution in [2.24, 2.45) is 5.73 Å². The fourth-order valence-corrected chi connectivity index (χ4v) is 1.63. The van der Waals surface area contributed by atoms with Crippen molar-refractivity contribution in [3.8, 4) is 11.5 Å². The largest absolute Gasteiger partial charge is 0.496 e. The number of nitrogens with two attached hydrogens (primary N) is 1. The van der Waals surface area contributed by atoms with Gasteiger partial charge in [0.2, 0.25) is 0 Å². The van der Waals surface area contributed by atoms with E-state index in [4.69, 9.17) is 15.2 Å². The summed E-state index contributed by atoms with van der Waals surface area (Å²) in [6.07, 6.45) is 1.74. The van der Waals surface area contributed by atoms with E-state index < -0.39 is 0 Å². The number of hydrogen-bond acceptors (Lipinski definition) is 3. The molecule has 84 valence electrons. The predicted octanol–water partition coefficient (Wildman–Crippen LogP) is 1.77. The highest BCUT2D eigenvalue weighted by Gasteiger charge is 2.10. The van der Waals surface area contributed by atoms with Gasteiger partial charge in [0.25, 0.3) is 0 Å². The van der Waals surface area contributed by atoms with Gasteiger partial charge in [0.05, 0.1) is 14.2 Å². The van der Waals surface area contributed by atoms with Gasteiger partial charge in [-0.05, 0) is 37.1 Å². The maximum atomic E-state index is 5.57. The molecule has 1 rings (SSSR count). The van der Waals surface area contributed by atoms with Gasteiger partial charge in [0.15, 0.2) is 0 Å². The van der Waals surface area contributed by atoms with Gasteiger partial charge in [0.1, 0.15) is 11.5 Å². The Morgan fingerprint density at radius 3 is 2.00 bits per heavy atom. The third kappa shape index (κ3) is 2.63.